The van der Waals surface area contributed by atoms with Gasteiger partial charge < -0.3 is 5.32 Å². The zero-order valence-electron chi connectivity index (χ0n) is 8.95. The summed E-state index contributed by atoms with van der Waals surface area (Å²) in [5, 5.41) is 4.42. The number of hydrogen-bond donors (Lipinski definition) is 2. The maximum Gasteiger partial charge on any atom is 0.269 e. The van der Waals surface area contributed by atoms with Crippen molar-refractivity contribution < 1.29 is 9.18 Å². The van der Waals surface area contributed by atoms with E-state index in [1.165, 1.54) is 23.2 Å². The smallest absolute Gasteiger partial charge is 0.269 e. The molecule has 0 saturated carbocycles. The van der Waals surface area contributed by atoms with Crippen LogP contribution in [0.25, 0.3) is 0 Å². The summed E-state index contributed by atoms with van der Waals surface area (Å²) in [6.07, 6.45) is 0. The average Bonchev–Trinajstić information content (AvgIpc) is 2.27. The zero-order chi connectivity index (χ0) is 12.1. The molecule has 0 spiro atoms. The number of thiocarbonyl (C=S) groups is 1. The topological polar surface area (TPSA) is 44.4 Å². The van der Waals surface area contributed by atoms with Crippen LogP contribution in [0.1, 0.15) is 10.4 Å². The molecule has 6 heteroatoms. The monoisotopic (exact) mass is 241 g/mol. The van der Waals surface area contributed by atoms with Crippen LogP contribution >= 0.6 is 12.2 Å². The number of rotatable bonds is 1. The first kappa shape index (κ1) is 12.4. The van der Waals surface area contributed by atoms with Crippen LogP contribution in [0.4, 0.5) is 4.39 Å². The second-order valence-corrected chi connectivity index (χ2v) is 3.45. The molecule has 0 atom stereocenters. The van der Waals surface area contributed by atoms with Gasteiger partial charge in [-0.2, -0.15) is 0 Å². The molecule has 0 heterocycles. The molecule has 0 radical (unpaired) electrons. The molecule has 0 aliphatic rings. The highest BCUT2D eigenvalue weighted by atomic mass is 32.1. The summed E-state index contributed by atoms with van der Waals surface area (Å²) in [6.45, 7) is 0. The van der Waals surface area contributed by atoms with Gasteiger partial charge in [0.25, 0.3) is 5.91 Å². The van der Waals surface area contributed by atoms with E-state index < -0.39 is 11.7 Å². The molecular weight excluding hydrogens is 229 g/mol. The van der Waals surface area contributed by atoms with E-state index in [2.05, 4.69) is 10.7 Å². The van der Waals surface area contributed by atoms with Crippen LogP contribution in [0.5, 0.6) is 0 Å². The lowest BCUT2D eigenvalue weighted by Gasteiger charge is -2.20. The van der Waals surface area contributed by atoms with Crippen molar-refractivity contribution in [1.29, 1.82) is 0 Å². The van der Waals surface area contributed by atoms with Gasteiger partial charge in [-0.1, -0.05) is 6.07 Å². The van der Waals surface area contributed by atoms with E-state index in [1.807, 2.05) is 0 Å². The predicted octanol–water partition coefficient (Wildman–Crippen LogP) is 0.907. The lowest BCUT2D eigenvalue weighted by molar-refractivity contribution is 0.0886. The highest BCUT2D eigenvalue weighted by molar-refractivity contribution is 7.80. The standard InChI is InChI=1S/C10H12FN3OS/c1-12-10(16)14(2)13-9(15)7-4-3-5-8(11)6-7/h3-6H,1-2H3,(H,12,16)(H,13,15). The van der Waals surface area contributed by atoms with Crippen molar-refractivity contribution in [3.8, 4) is 0 Å². The molecule has 0 aromatic heterocycles. The fourth-order valence-electron chi connectivity index (χ4n) is 1.07. The van der Waals surface area contributed by atoms with Gasteiger partial charge >= 0.3 is 0 Å². The summed E-state index contributed by atoms with van der Waals surface area (Å²) >= 11 is 4.90. The van der Waals surface area contributed by atoms with Gasteiger partial charge in [0.1, 0.15) is 5.82 Å². The molecule has 16 heavy (non-hydrogen) atoms. The third kappa shape index (κ3) is 3.16. The molecule has 1 amide bonds. The fraction of sp³-hybridized carbons (Fsp3) is 0.200. The van der Waals surface area contributed by atoms with Gasteiger partial charge in [0.15, 0.2) is 5.11 Å². The number of halogens is 1. The second-order valence-electron chi connectivity index (χ2n) is 3.07. The zero-order valence-corrected chi connectivity index (χ0v) is 9.77. The van der Waals surface area contributed by atoms with Crippen molar-refractivity contribution in [2.75, 3.05) is 14.1 Å². The number of carbonyl (C=O) groups excluding carboxylic acids is 1. The number of hydrazine groups is 1. The first-order valence-corrected chi connectivity index (χ1v) is 4.97. The van der Waals surface area contributed by atoms with Crippen molar-refractivity contribution in [3.63, 3.8) is 0 Å². The molecule has 0 aliphatic heterocycles. The molecule has 0 bridgehead atoms. The van der Waals surface area contributed by atoms with Crippen LogP contribution in [0.3, 0.4) is 0 Å². The molecule has 0 saturated heterocycles. The maximum atomic E-state index is 12.9. The first-order chi connectivity index (χ1) is 7.54. The molecule has 86 valence electrons. The minimum atomic E-state index is -0.452. The SMILES string of the molecule is CNC(=S)N(C)NC(=O)c1cccc(F)c1. The van der Waals surface area contributed by atoms with Crippen molar-refractivity contribution in [1.82, 2.24) is 15.8 Å². The Bertz CT molecular complexity index is 411. The number of carbonyl (C=O) groups is 1. The molecule has 0 unspecified atom stereocenters. The summed E-state index contributed by atoms with van der Waals surface area (Å²) in [4.78, 5) is 11.6. The van der Waals surface area contributed by atoms with Crippen LogP contribution in [-0.2, 0) is 0 Å². The Labute approximate surface area is 98.4 Å². The summed E-state index contributed by atoms with van der Waals surface area (Å²) in [5.74, 6) is -0.869. The molecule has 4 nitrogen and oxygen atoms in total. The van der Waals surface area contributed by atoms with Gasteiger partial charge in [0, 0.05) is 19.7 Å². The number of benzene rings is 1. The van der Waals surface area contributed by atoms with Gasteiger partial charge in [0.05, 0.1) is 0 Å². The highest BCUT2D eigenvalue weighted by Gasteiger charge is 2.09. The first-order valence-electron chi connectivity index (χ1n) is 4.56. The molecule has 0 aliphatic carbocycles. The highest BCUT2D eigenvalue weighted by Crippen LogP contribution is 2.03. The van der Waals surface area contributed by atoms with Crippen molar-refractivity contribution in [2.45, 2.75) is 0 Å². The maximum absolute atomic E-state index is 12.9. The Hall–Kier alpha value is -1.69. The van der Waals surface area contributed by atoms with Gasteiger partial charge in [-0.05, 0) is 30.4 Å². The number of nitrogens with zero attached hydrogens (tertiary/aromatic N) is 1. The molecule has 1 rings (SSSR count). The molecule has 1 aromatic carbocycles. The fourth-order valence-corrected chi connectivity index (χ4v) is 1.11. The number of amides is 1. The summed E-state index contributed by atoms with van der Waals surface area (Å²) in [5.41, 5.74) is 2.74. The van der Waals surface area contributed by atoms with E-state index in [9.17, 15) is 9.18 Å². The van der Waals surface area contributed by atoms with Crippen molar-refractivity contribution >= 4 is 23.2 Å². The molecule has 2 N–H and O–H groups in total. The largest absolute Gasteiger partial charge is 0.364 e. The van der Waals surface area contributed by atoms with E-state index in [0.29, 0.717) is 5.11 Å². The van der Waals surface area contributed by atoms with Crippen LogP contribution < -0.4 is 10.7 Å². The molecule has 1 aromatic rings. The third-order valence-corrected chi connectivity index (χ3v) is 2.35. The Morgan fingerprint density at radius 3 is 2.75 bits per heavy atom. The van der Waals surface area contributed by atoms with Crippen LogP contribution in [0.2, 0.25) is 0 Å². The molecular formula is C10H12FN3OS. The van der Waals surface area contributed by atoms with Crippen LogP contribution in [0.15, 0.2) is 24.3 Å². The number of hydrogen-bond acceptors (Lipinski definition) is 2. The van der Waals surface area contributed by atoms with Crippen molar-refractivity contribution in [2.24, 2.45) is 0 Å². The lowest BCUT2D eigenvalue weighted by Crippen LogP contribution is -2.47. The third-order valence-electron chi connectivity index (χ3n) is 1.87. The Morgan fingerprint density at radius 2 is 2.19 bits per heavy atom. The number of nitrogens with one attached hydrogen (secondary N) is 2. The van der Waals surface area contributed by atoms with Crippen molar-refractivity contribution in [3.05, 3.63) is 35.6 Å². The van der Waals surface area contributed by atoms with Crippen LogP contribution in [-0.4, -0.2) is 30.1 Å². The average molecular weight is 241 g/mol. The normalized spacial score (nSPS) is 9.44. The van der Waals surface area contributed by atoms with Crippen LogP contribution in [0, 0.1) is 5.82 Å². The van der Waals surface area contributed by atoms with E-state index in [4.69, 9.17) is 12.2 Å². The Morgan fingerprint density at radius 1 is 1.50 bits per heavy atom. The van der Waals surface area contributed by atoms with Gasteiger partial charge in [0.2, 0.25) is 0 Å². The van der Waals surface area contributed by atoms with Gasteiger partial charge in [-0.3, -0.25) is 15.2 Å². The predicted molar refractivity (Wildman–Crippen MR) is 63.3 cm³/mol. The summed E-state index contributed by atoms with van der Waals surface area (Å²) in [6, 6.07) is 5.43. The molecule has 0 fully saturated rings. The minimum absolute atomic E-state index is 0.241. The quantitative estimate of drug-likeness (QED) is 0.566. The summed E-state index contributed by atoms with van der Waals surface area (Å²) in [7, 11) is 3.24. The van der Waals surface area contributed by atoms with E-state index in [1.54, 1.807) is 14.1 Å². The van der Waals surface area contributed by atoms with E-state index in [-0.39, 0.29) is 5.56 Å². The lowest BCUT2D eigenvalue weighted by atomic mass is 10.2. The Kier molecular flexibility index (Phi) is 4.19. The van der Waals surface area contributed by atoms with E-state index in [0.717, 1.165) is 6.07 Å². The second kappa shape index (κ2) is 5.41. The Balaban J connectivity index is 2.69. The van der Waals surface area contributed by atoms with Gasteiger partial charge in [-0.15, -0.1) is 0 Å². The van der Waals surface area contributed by atoms with E-state index >= 15 is 0 Å². The summed E-state index contributed by atoms with van der Waals surface area (Å²) < 4.78 is 12.9. The van der Waals surface area contributed by atoms with Gasteiger partial charge in [-0.25, -0.2) is 4.39 Å². The minimum Gasteiger partial charge on any atom is -0.364 e.